The number of aliphatic hydroxyl groups excluding tert-OH is 5. The Morgan fingerprint density at radius 3 is 2.34 bits per heavy atom. The predicted octanol–water partition coefficient (Wildman–Crippen LogP) is -0.735. The molecule has 7 atom stereocenters. The van der Waals surface area contributed by atoms with Gasteiger partial charge in [-0.1, -0.05) is 6.07 Å². The zero-order valence-corrected chi connectivity index (χ0v) is 18.8. The molecule has 0 amide bonds. The van der Waals surface area contributed by atoms with E-state index >= 15 is 0 Å². The fraction of sp³-hybridized carbons (Fsp3) is 0.435. The van der Waals surface area contributed by atoms with Crippen molar-refractivity contribution in [1.82, 2.24) is 0 Å². The van der Waals surface area contributed by atoms with E-state index in [4.69, 9.17) is 23.7 Å². The Bertz CT molecular complexity index is 1090. The zero-order valence-electron chi connectivity index (χ0n) is 18.8. The van der Waals surface area contributed by atoms with Gasteiger partial charge in [0, 0.05) is 12.1 Å². The highest BCUT2D eigenvalue weighted by Gasteiger charge is 2.46. The molecule has 2 heterocycles. The molecular weight excluding hydrogens is 468 g/mol. The van der Waals surface area contributed by atoms with Crippen LogP contribution in [0.2, 0.25) is 0 Å². The van der Waals surface area contributed by atoms with Crippen LogP contribution in [0.4, 0.5) is 0 Å². The largest absolute Gasteiger partial charge is 0.504 e. The lowest BCUT2D eigenvalue weighted by atomic mass is 9.92. The topological polar surface area (TPSA) is 185 Å². The van der Waals surface area contributed by atoms with Crippen LogP contribution in [-0.4, -0.2) is 94.1 Å². The number of methoxy groups -OCH3 is 2. The maximum Gasteiger partial charge on any atom is 0.229 e. The van der Waals surface area contributed by atoms with E-state index in [9.17, 15) is 35.4 Å². The Labute approximate surface area is 199 Å². The van der Waals surface area contributed by atoms with Crippen LogP contribution in [0.1, 0.15) is 22.0 Å². The number of phenols is 1. The standard InChI is InChI=1S/C23H26O12/c1-31-10-6-13-16(14(7-10)34-23-21(30)19(28)17(26)15(8-24)35-23)18(27)20(29)22(33-13)9-3-4-11(25)12(5-9)32-2/h3-7,15,17,19-26,28-30H,8H2,1-2H3/t15-,17-,19+,20+,21-,22-,23-/m0/s1. The van der Waals surface area contributed by atoms with Gasteiger partial charge in [-0.2, -0.15) is 0 Å². The maximum atomic E-state index is 13.2. The number of carbonyl (C=O) groups excluding carboxylic acids is 1. The van der Waals surface area contributed by atoms with Gasteiger partial charge in [0.05, 0.1) is 20.8 Å². The number of hydrogen-bond acceptors (Lipinski definition) is 12. The van der Waals surface area contributed by atoms with Crippen LogP contribution < -0.4 is 18.9 Å². The number of aromatic hydroxyl groups is 1. The molecule has 12 heteroatoms. The summed E-state index contributed by atoms with van der Waals surface area (Å²) in [4.78, 5) is 13.2. The fourth-order valence-electron chi connectivity index (χ4n) is 4.01. The first-order valence-electron chi connectivity index (χ1n) is 10.6. The Morgan fingerprint density at radius 1 is 0.943 bits per heavy atom. The van der Waals surface area contributed by atoms with Crippen LogP contribution in [0.3, 0.4) is 0 Å². The minimum absolute atomic E-state index is 0.00344. The number of carbonyl (C=O) groups is 1. The van der Waals surface area contributed by atoms with Crippen molar-refractivity contribution in [2.45, 2.75) is 42.9 Å². The van der Waals surface area contributed by atoms with E-state index in [0.717, 1.165) is 0 Å². The molecule has 2 aromatic carbocycles. The molecule has 2 aromatic rings. The molecule has 35 heavy (non-hydrogen) atoms. The molecule has 4 rings (SSSR count). The molecule has 12 nitrogen and oxygen atoms in total. The number of Topliss-reactive ketones (excluding diaryl/α,β-unsaturated/α-hetero) is 1. The minimum atomic E-state index is -1.73. The van der Waals surface area contributed by atoms with Crippen LogP contribution >= 0.6 is 0 Å². The zero-order chi connectivity index (χ0) is 25.4. The average Bonchev–Trinajstić information content (AvgIpc) is 2.86. The Balaban J connectivity index is 1.71. The first kappa shape index (κ1) is 25.0. The maximum absolute atomic E-state index is 13.2. The van der Waals surface area contributed by atoms with Gasteiger partial charge in [0.25, 0.3) is 0 Å². The number of benzene rings is 2. The van der Waals surface area contributed by atoms with E-state index < -0.39 is 55.3 Å². The van der Waals surface area contributed by atoms with Gasteiger partial charge in [-0.15, -0.1) is 0 Å². The molecule has 0 aliphatic carbocycles. The molecule has 0 radical (unpaired) electrons. The normalized spacial score (nSPS) is 30.3. The molecular formula is C23H26O12. The summed E-state index contributed by atoms with van der Waals surface area (Å²) in [5.41, 5.74) is 0.183. The highest BCUT2D eigenvalue weighted by molar-refractivity contribution is 6.05. The van der Waals surface area contributed by atoms with Crippen molar-refractivity contribution in [3.05, 3.63) is 41.5 Å². The summed E-state index contributed by atoms with van der Waals surface area (Å²) in [5.74, 6) is -0.773. The number of rotatable bonds is 6. The van der Waals surface area contributed by atoms with Gasteiger partial charge in [-0.25, -0.2) is 0 Å². The van der Waals surface area contributed by atoms with Crippen LogP contribution in [0.15, 0.2) is 30.3 Å². The summed E-state index contributed by atoms with van der Waals surface area (Å²) < 4.78 is 27.3. The van der Waals surface area contributed by atoms with Gasteiger partial charge >= 0.3 is 0 Å². The highest BCUT2D eigenvalue weighted by Crippen LogP contribution is 2.44. The molecule has 6 N–H and O–H groups in total. The van der Waals surface area contributed by atoms with Crippen molar-refractivity contribution >= 4 is 5.78 Å². The summed E-state index contributed by atoms with van der Waals surface area (Å²) in [5, 5.41) is 60.4. The smallest absolute Gasteiger partial charge is 0.229 e. The second-order valence-corrected chi connectivity index (χ2v) is 8.09. The number of ketones is 1. The summed E-state index contributed by atoms with van der Waals surface area (Å²) in [6.45, 7) is -0.667. The Morgan fingerprint density at radius 2 is 1.69 bits per heavy atom. The third kappa shape index (κ3) is 4.47. The Hall–Kier alpha value is -3.13. The molecule has 190 valence electrons. The molecule has 0 bridgehead atoms. The van der Waals surface area contributed by atoms with E-state index in [1.54, 1.807) is 0 Å². The van der Waals surface area contributed by atoms with E-state index in [2.05, 4.69) is 0 Å². The van der Waals surface area contributed by atoms with Gasteiger partial charge < -0.3 is 54.3 Å². The van der Waals surface area contributed by atoms with Crippen LogP contribution in [0.25, 0.3) is 0 Å². The first-order chi connectivity index (χ1) is 16.7. The monoisotopic (exact) mass is 494 g/mol. The Kier molecular flexibility index (Phi) is 7.03. The van der Waals surface area contributed by atoms with E-state index in [1.807, 2.05) is 0 Å². The lowest BCUT2D eigenvalue weighted by Gasteiger charge is -2.40. The number of ether oxygens (including phenoxy) is 5. The molecule has 2 aliphatic heterocycles. The third-order valence-corrected chi connectivity index (χ3v) is 5.95. The van der Waals surface area contributed by atoms with Crippen LogP contribution in [0.5, 0.6) is 28.7 Å². The second kappa shape index (κ2) is 9.85. The SMILES string of the molecule is COc1cc(O[C@H]2O[C@@H](CO)[C@H](O)[C@@H](O)[C@@H]2O)c2c(c1)O[C@@H](c1ccc(O)c(OC)c1)[C@H](O)C2=O. The number of aliphatic hydroxyl groups is 5. The fourth-order valence-corrected chi connectivity index (χ4v) is 4.01. The van der Waals surface area contributed by atoms with Gasteiger partial charge in [0.2, 0.25) is 12.1 Å². The lowest BCUT2D eigenvalue weighted by molar-refractivity contribution is -0.277. The summed E-state index contributed by atoms with van der Waals surface area (Å²) >= 11 is 0. The van der Waals surface area contributed by atoms with Crippen molar-refractivity contribution in [2.75, 3.05) is 20.8 Å². The molecule has 2 aliphatic rings. The van der Waals surface area contributed by atoms with Gasteiger partial charge in [-0.05, 0) is 17.7 Å². The molecule has 0 spiro atoms. The van der Waals surface area contributed by atoms with Crippen LogP contribution in [-0.2, 0) is 4.74 Å². The molecule has 0 aromatic heterocycles. The van der Waals surface area contributed by atoms with Crippen molar-refractivity contribution < 1.29 is 59.1 Å². The molecule has 0 saturated carbocycles. The third-order valence-electron chi connectivity index (χ3n) is 5.95. The van der Waals surface area contributed by atoms with Crippen molar-refractivity contribution in [1.29, 1.82) is 0 Å². The van der Waals surface area contributed by atoms with Gasteiger partial charge in [-0.3, -0.25) is 4.79 Å². The summed E-state index contributed by atoms with van der Waals surface area (Å²) in [6, 6.07) is 6.94. The predicted molar refractivity (Wildman–Crippen MR) is 116 cm³/mol. The number of phenolic OH excluding ortho intramolecular Hbond substituents is 1. The minimum Gasteiger partial charge on any atom is -0.504 e. The van der Waals surface area contributed by atoms with E-state index in [0.29, 0.717) is 5.56 Å². The van der Waals surface area contributed by atoms with Crippen LogP contribution in [0, 0.1) is 0 Å². The second-order valence-electron chi connectivity index (χ2n) is 8.09. The lowest BCUT2D eigenvalue weighted by Crippen LogP contribution is -2.60. The summed E-state index contributed by atoms with van der Waals surface area (Å²) in [7, 11) is 2.71. The molecule has 0 unspecified atom stereocenters. The number of hydrogen-bond donors (Lipinski definition) is 6. The molecule has 1 saturated heterocycles. The quantitative estimate of drug-likeness (QED) is 0.296. The van der Waals surface area contributed by atoms with Crippen molar-refractivity contribution in [3.8, 4) is 28.7 Å². The van der Waals surface area contributed by atoms with Crippen molar-refractivity contribution in [2.24, 2.45) is 0 Å². The average molecular weight is 494 g/mol. The van der Waals surface area contributed by atoms with Gasteiger partial charge in [0.15, 0.2) is 23.7 Å². The molecule has 1 fully saturated rings. The first-order valence-corrected chi connectivity index (χ1v) is 10.6. The van der Waals surface area contributed by atoms with E-state index in [1.165, 1.54) is 44.6 Å². The van der Waals surface area contributed by atoms with Crippen molar-refractivity contribution in [3.63, 3.8) is 0 Å². The van der Waals surface area contributed by atoms with Gasteiger partial charge in [0.1, 0.15) is 47.2 Å². The van der Waals surface area contributed by atoms with E-state index in [-0.39, 0.29) is 34.3 Å². The summed E-state index contributed by atoms with van der Waals surface area (Å²) in [6.07, 6.45) is -10.7. The highest BCUT2D eigenvalue weighted by atomic mass is 16.7. The number of fused-ring (bicyclic) bond motifs is 1.